The fraction of sp³-hybridized carbons (Fsp3) is 0.364. The number of phenolic OH excluding ortho intramolecular Hbond substituents is 1. The van der Waals surface area contributed by atoms with Gasteiger partial charge in [-0.15, -0.1) is 6.58 Å². The summed E-state index contributed by atoms with van der Waals surface area (Å²) >= 11 is 0. The summed E-state index contributed by atoms with van der Waals surface area (Å²) in [6.45, 7) is 8.36. The van der Waals surface area contributed by atoms with E-state index in [0.717, 1.165) is 25.9 Å². The number of fused-ring (bicyclic) bond motifs is 4. The zero-order valence-electron chi connectivity index (χ0n) is 14.3. The van der Waals surface area contributed by atoms with Crippen molar-refractivity contribution in [3.05, 3.63) is 77.9 Å². The summed E-state index contributed by atoms with van der Waals surface area (Å²) < 4.78 is 0. The maximum atomic E-state index is 10.1. The molecule has 1 aliphatic carbocycles. The molecule has 1 saturated heterocycles. The Bertz CT molecular complexity index is 754. The molecule has 0 aromatic heterocycles. The van der Waals surface area contributed by atoms with Gasteiger partial charge in [0.05, 0.1) is 0 Å². The fourth-order valence-electron chi connectivity index (χ4n) is 5.12. The summed E-state index contributed by atoms with van der Waals surface area (Å²) in [4.78, 5) is 2.58. The van der Waals surface area contributed by atoms with Crippen LogP contribution in [0.1, 0.15) is 30.0 Å². The highest BCUT2D eigenvalue weighted by Crippen LogP contribution is 2.53. The molecule has 0 radical (unpaired) electrons. The molecule has 124 valence electrons. The van der Waals surface area contributed by atoms with Gasteiger partial charge in [0, 0.05) is 18.0 Å². The topological polar surface area (TPSA) is 23.5 Å². The van der Waals surface area contributed by atoms with Gasteiger partial charge in [0.25, 0.3) is 0 Å². The van der Waals surface area contributed by atoms with Crippen LogP contribution in [0.3, 0.4) is 0 Å². The molecule has 24 heavy (non-hydrogen) atoms. The van der Waals surface area contributed by atoms with Crippen molar-refractivity contribution in [3.63, 3.8) is 0 Å². The van der Waals surface area contributed by atoms with Crippen LogP contribution >= 0.6 is 0 Å². The van der Waals surface area contributed by atoms with E-state index in [9.17, 15) is 5.11 Å². The van der Waals surface area contributed by atoms with Gasteiger partial charge in [0.15, 0.2) is 0 Å². The molecule has 0 amide bonds. The van der Waals surface area contributed by atoms with E-state index in [4.69, 9.17) is 0 Å². The van der Waals surface area contributed by atoms with Crippen LogP contribution in [-0.4, -0.2) is 29.1 Å². The summed E-state index contributed by atoms with van der Waals surface area (Å²) in [6, 6.07) is 17.4. The zero-order valence-corrected chi connectivity index (χ0v) is 14.3. The number of nitrogens with zero attached hydrogens (tertiary/aromatic N) is 1. The van der Waals surface area contributed by atoms with Crippen molar-refractivity contribution < 1.29 is 5.11 Å². The van der Waals surface area contributed by atoms with Crippen molar-refractivity contribution in [2.24, 2.45) is 5.92 Å². The van der Waals surface area contributed by atoms with Crippen LogP contribution in [-0.2, 0) is 11.8 Å². The molecule has 1 heterocycles. The van der Waals surface area contributed by atoms with E-state index < -0.39 is 0 Å². The van der Waals surface area contributed by atoms with Gasteiger partial charge in [0.1, 0.15) is 5.75 Å². The van der Waals surface area contributed by atoms with Crippen LogP contribution in [0.25, 0.3) is 0 Å². The van der Waals surface area contributed by atoms with E-state index in [1.807, 2.05) is 18.2 Å². The van der Waals surface area contributed by atoms with Gasteiger partial charge in [-0.05, 0) is 54.1 Å². The average Bonchev–Trinajstić information content (AvgIpc) is 2.60. The SMILES string of the molecule is C=CCN1CC[C@@]2(c3ccccc3)c3cc(O)ccc3C[C@@H]1[C@H]2C. The van der Waals surface area contributed by atoms with Crippen molar-refractivity contribution in [2.45, 2.75) is 31.2 Å². The number of hydrogen-bond donors (Lipinski definition) is 1. The quantitative estimate of drug-likeness (QED) is 0.860. The summed E-state index contributed by atoms with van der Waals surface area (Å²) in [5.41, 5.74) is 4.09. The summed E-state index contributed by atoms with van der Waals surface area (Å²) in [6.07, 6.45) is 4.16. The van der Waals surface area contributed by atoms with Gasteiger partial charge in [-0.25, -0.2) is 0 Å². The molecule has 3 atom stereocenters. The van der Waals surface area contributed by atoms with E-state index in [1.165, 1.54) is 16.7 Å². The smallest absolute Gasteiger partial charge is 0.115 e. The molecule has 1 N–H and O–H groups in total. The van der Waals surface area contributed by atoms with E-state index in [2.05, 4.69) is 54.8 Å². The number of piperidine rings is 1. The first-order chi connectivity index (χ1) is 11.7. The summed E-state index contributed by atoms with van der Waals surface area (Å²) in [7, 11) is 0. The Morgan fingerprint density at radius 3 is 2.79 bits per heavy atom. The number of phenols is 1. The Labute approximate surface area is 144 Å². The fourth-order valence-corrected chi connectivity index (χ4v) is 5.12. The zero-order chi connectivity index (χ0) is 16.7. The molecule has 2 aromatic carbocycles. The molecule has 2 aliphatic rings. The monoisotopic (exact) mass is 319 g/mol. The third-order valence-electron chi connectivity index (χ3n) is 6.27. The second kappa shape index (κ2) is 5.78. The first kappa shape index (κ1) is 15.5. The first-order valence-electron chi connectivity index (χ1n) is 8.89. The highest BCUT2D eigenvalue weighted by atomic mass is 16.3. The van der Waals surface area contributed by atoms with Crippen LogP contribution in [0.15, 0.2) is 61.2 Å². The van der Waals surface area contributed by atoms with Gasteiger partial charge in [0.2, 0.25) is 0 Å². The average molecular weight is 319 g/mol. The lowest BCUT2D eigenvalue weighted by Gasteiger charge is -2.56. The number of likely N-dealkylation sites (tertiary alicyclic amines) is 1. The predicted molar refractivity (Wildman–Crippen MR) is 98.4 cm³/mol. The molecule has 1 aliphatic heterocycles. The van der Waals surface area contributed by atoms with Gasteiger partial charge in [-0.1, -0.05) is 49.4 Å². The minimum absolute atomic E-state index is 0.00405. The lowest BCUT2D eigenvalue weighted by molar-refractivity contribution is 0.0499. The number of rotatable bonds is 3. The molecule has 0 spiro atoms. The molecule has 1 fully saturated rings. The van der Waals surface area contributed by atoms with Crippen molar-refractivity contribution >= 4 is 0 Å². The van der Waals surface area contributed by atoms with Gasteiger partial charge in [-0.2, -0.15) is 0 Å². The van der Waals surface area contributed by atoms with E-state index in [-0.39, 0.29) is 5.41 Å². The van der Waals surface area contributed by atoms with Crippen molar-refractivity contribution in [1.29, 1.82) is 0 Å². The number of hydrogen-bond acceptors (Lipinski definition) is 2. The lowest BCUT2D eigenvalue weighted by atomic mass is 9.55. The molecule has 4 rings (SSSR count). The largest absolute Gasteiger partial charge is 0.508 e. The molecule has 2 aromatic rings. The first-order valence-corrected chi connectivity index (χ1v) is 8.89. The minimum Gasteiger partial charge on any atom is -0.508 e. The van der Waals surface area contributed by atoms with Crippen molar-refractivity contribution in [1.82, 2.24) is 4.90 Å². The summed E-state index contributed by atoms with van der Waals surface area (Å²) in [5, 5.41) is 10.1. The standard InChI is InChI=1S/C22H25NO/c1-3-12-23-13-11-22(18-7-5-4-6-8-18)16(2)21(23)14-17-9-10-19(24)15-20(17)22/h3-10,15-16,21,24H,1,11-14H2,2H3/t16-,21-,22-/m1/s1. The maximum absolute atomic E-state index is 10.1. The van der Waals surface area contributed by atoms with Crippen molar-refractivity contribution in [2.75, 3.05) is 13.1 Å². The molecule has 2 bridgehead atoms. The molecular weight excluding hydrogens is 294 g/mol. The Morgan fingerprint density at radius 1 is 1.25 bits per heavy atom. The van der Waals surface area contributed by atoms with Crippen LogP contribution in [0.5, 0.6) is 5.75 Å². The number of aromatic hydroxyl groups is 1. The maximum Gasteiger partial charge on any atom is 0.115 e. The lowest BCUT2D eigenvalue weighted by Crippen LogP contribution is -2.59. The number of benzene rings is 2. The second-order valence-electron chi connectivity index (χ2n) is 7.27. The normalized spacial score (nSPS) is 29.0. The molecule has 2 heteroatoms. The van der Waals surface area contributed by atoms with E-state index in [0.29, 0.717) is 17.7 Å². The van der Waals surface area contributed by atoms with Crippen LogP contribution < -0.4 is 0 Å². The highest BCUT2D eigenvalue weighted by molar-refractivity contribution is 5.51. The van der Waals surface area contributed by atoms with Crippen LogP contribution in [0.4, 0.5) is 0 Å². The van der Waals surface area contributed by atoms with Gasteiger partial charge in [-0.3, -0.25) is 4.90 Å². The molecule has 0 unspecified atom stereocenters. The van der Waals surface area contributed by atoms with E-state index in [1.54, 1.807) is 0 Å². The van der Waals surface area contributed by atoms with Gasteiger partial charge >= 0.3 is 0 Å². The Morgan fingerprint density at radius 2 is 2.04 bits per heavy atom. The van der Waals surface area contributed by atoms with E-state index >= 15 is 0 Å². The summed E-state index contributed by atoms with van der Waals surface area (Å²) in [5.74, 6) is 0.881. The molecule has 0 saturated carbocycles. The Kier molecular flexibility index (Phi) is 3.73. The van der Waals surface area contributed by atoms with Crippen molar-refractivity contribution in [3.8, 4) is 5.75 Å². The van der Waals surface area contributed by atoms with Crippen LogP contribution in [0.2, 0.25) is 0 Å². The van der Waals surface area contributed by atoms with Gasteiger partial charge < -0.3 is 5.11 Å². The molecule has 2 nitrogen and oxygen atoms in total. The highest BCUT2D eigenvalue weighted by Gasteiger charge is 2.51. The minimum atomic E-state index is -0.00405. The third-order valence-corrected chi connectivity index (χ3v) is 6.27. The Balaban J connectivity index is 1.93. The molecular formula is C22H25NO. The third kappa shape index (κ3) is 2.13. The Hall–Kier alpha value is -2.06. The second-order valence-corrected chi connectivity index (χ2v) is 7.27. The predicted octanol–water partition coefficient (Wildman–Crippen LogP) is 4.13. The van der Waals surface area contributed by atoms with Crippen LogP contribution in [0, 0.1) is 5.92 Å².